The Morgan fingerprint density at radius 2 is 1.90 bits per heavy atom. The second-order valence-corrected chi connectivity index (χ2v) is 6.03. The van der Waals surface area contributed by atoms with E-state index in [0.717, 1.165) is 25.7 Å². The summed E-state index contributed by atoms with van der Waals surface area (Å²) in [7, 11) is 1.65. The van der Waals surface area contributed by atoms with Crippen LogP contribution in [0.2, 0.25) is 0 Å². The van der Waals surface area contributed by atoms with Crippen LogP contribution in [-0.2, 0) is 4.74 Å². The summed E-state index contributed by atoms with van der Waals surface area (Å²) in [6.07, 6.45) is 0. The highest BCUT2D eigenvalue weighted by Crippen LogP contribution is 2.19. The van der Waals surface area contributed by atoms with Gasteiger partial charge in [-0.05, 0) is 28.7 Å². The summed E-state index contributed by atoms with van der Waals surface area (Å²) < 4.78 is 32.3. The Kier molecular flexibility index (Phi) is 5.88. The van der Waals surface area contributed by atoms with Gasteiger partial charge in [0.05, 0.1) is 12.2 Å². The maximum Gasteiger partial charge on any atom is 0.256 e. The molecule has 1 aromatic rings. The maximum atomic E-state index is 13.8. The van der Waals surface area contributed by atoms with Gasteiger partial charge < -0.3 is 9.64 Å². The molecule has 1 aliphatic rings. The highest BCUT2D eigenvalue weighted by atomic mass is 127. The maximum absolute atomic E-state index is 13.8. The zero-order valence-electron chi connectivity index (χ0n) is 11.7. The predicted molar refractivity (Wildman–Crippen MR) is 83.3 cm³/mol. The average Bonchev–Trinajstić information content (AvgIpc) is 2.48. The van der Waals surface area contributed by atoms with Gasteiger partial charge in [0.2, 0.25) is 0 Å². The molecule has 1 aliphatic heterocycles. The lowest BCUT2D eigenvalue weighted by molar-refractivity contribution is 0.0590. The van der Waals surface area contributed by atoms with Crippen LogP contribution in [0, 0.1) is 15.2 Å². The lowest BCUT2D eigenvalue weighted by Gasteiger charge is -2.34. The summed E-state index contributed by atoms with van der Waals surface area (Å²) in [4.78, 5) is 16.1. The predicted octanol–water partition coefficient (Wildman–Crippen LogP) is 1.97. The summed E-state index contributed by atoms with van der Waals surface area (Å²) in [5.74, 6) is -1.83. The van der Waals surface area contributed by atoms with E-state index in [1.54, 1.807) is 34.6 Å². The van der Waals surface area contributed by atoms with Crippen molar-refractivity contribution in [2.75, 3.05) is 46.4 Å². The van der Waals surface area contributed by atoms with Crippen molar-refractivity contribution in [2.24, 2.45) is 0 Å². The van der Waals surface area contributed by atoms with Crippen LogP contribution in [0.5, 0.6) is 0 Å². The van der Waals surface area contributed by atoms with E-state index in [1.807, 2.05) is 0 Å². The highest BCUT2D eigenvalue weighted by Gasteiger charge is 2.24. The number of methoxy groups -OCH3 is 1. The van der Waals surface area contributed by atoms with Gasteiger partial charge in [0.15, 0.2) is 0 Å². The number of carbonyl (C=O) groups excluding carboxylic acids is 1. The number of piperazine rings is 1. The normalized spacial score (nSPS) is 16.3. The van der Waals surface area contributed by atoms with Crippen molar-refractivity contribution in [3.05, 3.63) is 32.9 Å². The van der Waals surface area contributed by atoms with Crippen LogP contribution < -0.4 is 0 Å². The summed E-state index contributed by atoms with van der Waals surface area (Å²) in [5, 5.41) is 0. The van der Waals surface area contributed by atoms with Gasteiger partial charge in [-0.1, -0.05) is 0 Å². The zero-order valence-corrected chi connectivity index (χ0v) is 13.9. The molecule has 1 fully saturated rings. The number of nitrogens with zero attached hydrogens (tertiary/aromatic N) is 2. The van der Waals surface area contributed by atoms with E-state index < -0.39 is 11.6 Å². The minimum absolute atomic E-state index is 0.0638. The fourth-order valence-electron chi connectivity index (χ4n) is 2.25. The number of hydrogen-bond acceptors (Lipinski definition) is 3. The SMILES string of the molecule is COCCN1CCN(C(=O)c2cc(I)c(F)cc2F)CC1. The fourth-order valence-corrected chi connectivity index (χ4v) is 2.72. The highest BCUT2D eigenvalue weighted by molar-refractivity contribution is 14.1. The van der Waals surface area contributed by atoms with Gasteiger partial charge in [0.1, 0.15) is 11.6 Å². The molecule has 0 spiro atoms. The molecule has 0 aromatic heterocycles. The van der Waals surface area contributed by atoms with E-state index >= 15 is 0 Å². The lowest BCUT2D eigenvalue weighted by atomic mass is 10.1. The average molecular weight is 410 g/mol. The summed E-state index contributed by atoms with van der Waals surface area (Å²) >= 11 is 1.75. The van der Waals surface area contributed by atoms with Gasteiger partial charge in [0.25, 0.3) is 5.91 Å². The molecule has 4 nitrogen and oxygen atoms in total. The first-order valence-corrected chi connectivity index (χ1v) is 7.76. The van der Waals surface area contributed by atoms with E-state index in [9.17, 15) is 13.6 Å². The number of benzene rings is 1. The summed E-state index contributed by atoms with van der Waals surface area (Å²) in [5.41, 5.74) is -0.0638. The minimum Gasteiger partial charge on any atom is -0.383 e. The van der Waals surface area contributed by atoms with Crippen LogP contribution in [0.15, 0.2) is 12.1 Å². The molecule has 0 radical (unpaired) electrons. The fraction of sp³-hybridized carbons (Fsp3) is 0.500. The molecule has 1 saturated heterocycles. The van der Waals surface area contributed by atoms with Gasteiger partial charge in [-0.2, -0.15) is 0 Å². The quantitative estimate of drug-likeness (QED) is 0.563. The lowest BCUT2D eigenvalue weighted by Crippen LogP contribution is -2.49. The number of hydrogen-bond donors (Lipinski definition) is 0. The monoisotopic (exact) mass is 410 g/mol. The van der Waals surface area contributed by atoms with Crippen molar-refractivity contribution >= 4 is 28.5 Å². The van der Waals surface area contributed by atoms with E-state index in [0.29, 0.717) is 19.7 Å². The van der Waals surface area contributed by atoms with Crippen molar-refractivity contribution in [2.45, 2.75) is 0 Å². The molecular formula is C14H17F2IN2O2. The van der Waals surface area contributed by atoms with Gasteiger partial charge in [-0.25, -0.2) is 8.78 Å². The Morgan fingerprint density at radius 1 is 1.24 bits per heavy atom. The Bertz CT molecular complexity index is 520. The molecule has 116 valence electrons. The summed E-state index contributed by atoms with van der Waals surface area (Å²) in [6.45, 7) is 4.01. The third kappa shape index (κ3) is 4.10. The third-order valence-corrected chi connectivity index (χ3v) is 4.34. The molecule has 0 N–H and O–H groups in total. The molecule has 0 saturated carbocycles. The number of ether oxygens (including phenoxy) is 1. The van der Waals surface area contributed by atoms with Crippen LogP contribution in [0.3, 0.4) is 0 Å². The van der Waals surface area contributed by atoms with Crippen molar-refractivity contribution in [1.82, 2.24) is 9.80 Å². The molecule has 0 atom stereocenters. The molecule has 21 heavy (non-hydrogen) atoms. The molecule has 1 aromatic carbocycles. The Labute approximate surface area is 136 Å². The van der Waals surface area contributed by atoms with E-state index in [2.05, 4.69) is 4.90 Å². The van der Waals surface area contributed by atoms with Crippen LogP contribution in [0.4, 0.5) is 8.78 Å². The molecule has 0 aliphatic carbocycles. The van der Waals surface area contributed by atoms with Crippen LogP contribution >= 0.6 is 22.6 Å². The van der Waals surface area contributed by atoms with E-state index in [1.165, 1.54) is 6.07 Å². The van der Waals surface area contributed by atoms with Gasteiger partial charge >= 0.3 is 0 Å². The van der Waals surface area contributed by atoms with Crippen LogP contribution in [0.25, 0.3) is 0 Å². The zero-order chi connectivity index (χ0) is 15.4. The topological polar surface area (TPSA) is 32.8 Å². The molecule has 2 rings (SSSR count). The first-order chi connectivity index (χ1) is 10.0. The smallest absolute Gasteiger partial charge is 0.256 e. The molecule has 1 heterocycles. The Balaban J connectivity index is 2.00. The largest absolute Gasteiger partial charge is 0.383 e. The third-order valence-electron chi connectivity index (χ3n) is 3.51. The van der Waals surface area contributed by atoms with Crippen molar-refractivity contribution in [3.8, 4) is 0 Å². The Morgan fingerprint density at radius 3 is 2.52 bits per heavy atom. The second kappa shape index (κ2) is 7.46. The van der Waals surface area contributed by atoms with Crippen LogP contribution in [-0.4, -0.2) is 62.1 Å². The molecule has 0 bridgehead atoms. The van der Waals surface area contributed by atoms with Gasteiger partial charge in [-0.15, -0.1) is 0 Å². The number of rotatable bonds is 4. The van der Waals surface area contributed by atoms with Crippen molar-refractivity contribution < 1.29 is 18.3 Å². The summed E-state index contributed by atoms with van der Waals surface area (Å²) in [6, 6.07) is 2.04. The molecule has 0 unspecified atom stereocenters. The molecule has 7 heteroatoms. The van der Waals surface area contributed by atoms with Gasteiger partial charge in [0, 0.05) is 49.5 Å². The van der Waals surface area contributed by atoms with Crippen molar-refractivity contribution in [3.63, 3.8) is 0 Å². The first-order valence-electron chi connectivity index (χ1n) is 6.68. The van der Waals surface area contributed by atoms with Gasteiger partial charge in [-0.3, -0.25) is 9.69 Å². The first kappa shape index (κ1) is 16.6. The number of halogens is 3. The van der Waals surface area contributed by atoms with E-state index in [4.69, 9.17) is 4.74 Å². The van der Waals surface area contributed by atoms with Crippen LogP contribution in [0.1, 0.15) is 10.4 Å². The number of amides is 1. The molecule has 1 amide bonds. The standard InChI is InChI=1S/C14H17F2IN2O2/c1-21-7-6-18-2-4-19(5-3-18)14(20)10-8-13(17)12(16)9-11(10)15/h8-9H,2-7H2,1H3. The number of carbonyl (C=O) groups is 1. The molecular weight excluding hydrogens is 393 g/mol. The van der Waals surface area contributed by atoms with E-state index in [-0.39, 0.29) is 15.0 Å². The second-order valence-electron chi connectivity index (χ2n) is 4.87. The minimum atomic E-state index is -0.806. The Hall–Kier alpha value is -0.800. The van der Waals surface area contributed by atoms with Crippen molar-refractivity contribution in [1.29, 1.82) is 0 Å².